The Morgan fingerprint density at radius 1 is 1.12 bits per heavy atom. The van der Waals surface area contributed by atoms with Gasteiger partial charge < -0.3 is 25.3 Å². The minimum Gasteiger partial charge on any atom is -0.494 e. The van der Waals surface area contributed by atoms with Crippen molar-refractivity contribution in [3.05, 3.63) is 59.3 Å². The van der Waals surface area contributed by atoms with Crippen molar-refractivity contribution < 1.29 is 19.0 Å². The van der Waals surface area contributed by atoms with Gasteiger partial charge >= 0.3 is 0 Å². The summed E-state index contributed by atoms with van der Waals surface area (Å²) in [6.45, 7) is 4.32. The van der Waals surface area contributed by atoms with Gasteiger partial charge in [-0.3, -0.25) is 4.79 Å². The molecule has 2 aromatic carbocycles. The average Bonchev–Trinajstić information content (AvgIpc) is 3.21. The zero-order valence-electron chi connectivity index (χ0n) is 18.4. The van der Waals surface area contributed by atoms with E-state index >= 15 is 0 Å². The first kappa shape index (κ1) is 21.2. The lowest BCUT2D eigenvalue weighted by Crippen LogP contribution is -2.31. The standard InChI is InChI=1S/C23H25N5O4/c1-5-32-16-9-6-14(7-10-16)22-26-23-25-13(2)19(21(24)29)20(28(23)27-22)15-8-11-17(30-3)18(12-15)31-4/h6-12,20H,5H2,1-4H3,(H2,24,29)(H,25,26,27)/t20-/m1/s1. The van der Waals surface area contributed by atoms with Crippen LogP contribution in [0, 0.1) is 0 Å². The van der Waals surface area contributed by atoms with Crippen molar-refractivity contribution in [1.82, 2.24) is 14.8 Å². The number of carbonyl (C=O) groups is 1. The molecule has 0 fully saturated rings. The quantitative estimate of drug-likeness (QED) is 0.586. The van der Waals surface area contributed by atoms with E-state index in [1.54, 1.807) is 31.9 Å². The molecular weight excluding hydrogens is 410 g/mol. The molecule has 0 unspecified atom stereocenters. The van der Waals surface area contributed by atoms with Gasteiger partial charge in [0.2, 0.25) is 11.9 Å². The maximum atomic E-state index is 12.4. The number of nitrogens with zero attached hydrogens (tertiary/aromatic N) is 3. The number of carbonyl (C=O) groups excluding carboxylic acids is 1. The molecule has 4 rings (SSSR count). The number of anilines is 1. The molecule has 1 amide bonds. The summed E-state index contributed by atoms with van der Waals surface area (Å²) in [6, 6.07) is 12.4. The van der Waals surface area contributed by atoms with Crippen LogP contribution in [-0.4, -0.2) is 41.5 Å². The summed E-state index contributed by atoms with van der Waals surface area (Å²) in [5.41, 5.74) is 8.37. The second-order valence-corrected chi connectivity index (χ2v) is 7.21. The first-order chi connectivity index (χ1) is 15.5. The predicted molar refractivity (Wildman–Crippen MR) is 120 cm³/mol. The van der Waals surface area contributed by atoms with Gasteiger partial charge in [-0.2, -0.15) is 4.98 Å². The average molecular weight is 435 g/mol. The SMILES string of the molecule is CCOc1ccc(-c2nc3n(n2)[C@H](c2ccc(OC)c(OC)c2)C(C(N)=O)=C(C)N3)cc1. The number of fused-ring (bicyclic) bond motifs is 1. The normalized spacial score (nSPS) is 15.1. The highest BCUT2D eigenvalue weighted by molar-refractivity contribution is 5.95. The van der Waals surface area contributed by atoms with E-state index in [0.29, 0.717) is 41.1 Å². The highest BCUT2D eigenvalue weighted by atomic mass is 16.5. The van der Waals surface area contributed by atoms with Crippen LogP contribution in [0.3, 0.4) is 0 Å². The summed E-state index contributed by atoms with van der Waals surface area (Å²) < 4.78 is 18.0. The second-order valence-electron chi connectivity index (χ2n) is 7.21. The zero-order valence-corrected chi connectivity index (χ0v) is 18.4. The van der Waals surface area contributed by atoms with Crippen molar-refractivity contribution in [3.63, 3.8) is 0 Å². The number of hydrogen-bond acceptors (Lipinski definition) is 7. The summed E-state index contributed by atoms with van der Waals surface area (Å²) in [7, 11) is 3.13. The fraction of sp³-hybridized carbons (Fsp3) is 0.261. The molecule has 3 aromatic rings. The number of nitrogens with two attached hydrogens (primary N) is 1. The van der Waals surface area contributed by atoms with Crippen LogP contribution in [0.4, 0.5) is 5.95 Å². The van der Waals surface area contributed by atoms with Gasteiger partial charge in [0.15, 0.2) is 17.3 Å². The van der Waals surface area contributed by atoms with E-state index in [1.165, 1.54) is 0 Å². The monoisotopic (exact) mass is 435 g/mol. The number of benzene rings is 2. The first-order valence-corrected chi connectivity index (χ1v) is 10.2. The Bertz CT molecular complexity index is 1180. The van der Waals surface area contributed by atoms with Gasteiger partial charge in [0, 0.05) is 11.3 Å². The number of hydrogen-bond donors (Lipinski definition) is 2. The number of rotatable bonds is 7. The molecule has 1 aromatic heterocycles. The molecule has 1 aliphatic rings. The third-order valence-corrected chi connectivity index (χ3v) is 5.26. The molecule has 0 bridgehead atoms. The lowest BCUT2D eigenvalue weighted by atomic mass is 9.95. The van der Waals surface area contributed by atoms with Gasteiger partial charge in [-0.25, -0.2) is 4.68 Å². The van der Waals surface area contributed by atoms with Gasteiger partial charge in [-0.1, -0.05) is 6.07 Å². The molecule has 0 saturated carbocycles. The zero-order chi connectivity index (χ0) is 22.8. The molecule has 166 valence electrons. The molecule has 0 radical (unpaired) electrons. The van der Waals surface area contributed by atoms with E-state index in [9.17, 15) is 4.79 Å². The summed E-state index contributed by atoms with van der Waals surface area (Å²) in [6.07, 6.45) is 0. The number of nitrogens with one attached hydrogen (secondary N) is 1. The van der Waals surface area contributed by atoms with Crippen LogP contribution < -0.4 is 25.3 Å². The molecule has 1 atom stereocenters. The maximum Gasteiger partial charge on any atom is 0.248 e. The largest absolute Gasteiger partial charge is 0.494 e. The third kappa shape index (κ3) is 3.73. The van der Waals surface area contributed by atoms with Crippen molar-refractivity contribution in [2.75, 3.05) is 26.1 Å². The van der Waals surface area contributed by atoms with E-state index in [-0.39, 0.29) is 0 Å². The minimum atomic E-state index is -0.576. The Kier molecular flexibility index (Phi) is 5.72. The minimum absolute atomic E-state index is 0.396. The third-order valence-electron chi connectivity index (χ3n) is 5.26. The topological polar surface area (TPSA) is 114 Å². The molecule has 2 heterocycles. The first-order valence-electron chi connectivity index (χ1n) is 10.2. The van der Waals surface area contributed by atoms with Crippen molar-refractivity contribution >= 4 is 11.9 Å². The Morgan fingerprint density at radius 2 is 1.84 bits per heavy atom. The smallest absolute Gasteiger partial charge is 0.248 e. The van der Waals surface area contributed by atoms with Crippen molar-refractivity contribution in [2.45, 2.75) is 19.9 Å². The van der Waals surface area contributed by atoms with Gasteiger partial charge in [-0.05, 0) is 55.8 Å². The highest BCUT2D eigenvalue weighted by Gasteiger charge is 2.34. The van der Waals surface area contributed by atoms with Crippen LogP contribution in [0.2, 0.25) is 0 Å². The summed E-state index contributed by atoms with van der Waals surface area (Å²) >= 11 is 0. The van der Waals surface area contributed by atoms with Crippen LogP contribution in [-0.2, 0) is 4.79 Å². The van der Waals surface area contributed by atoms with E-state index in [2.05, 4.69) is 10.3 Å². The molecule has 0 saturated heterocycles. The Labute approximate surface area is 185 Å². The number of allylic oxidation sites excluding steroid dienone is 1. The van der Waals surface area contributed by atoms with E-state index in [1.807, 2.05) is 43.3 Å². The van der Waals surface area contributed by atoms with E-state index in [4.69, 9.17) is 25.0 Å². The van der Waals surface area contributed by atoms with Gasteiger partial charge in [0.05, 0.1) is 26.4 Å². The fourth-order valence-electron chi connectivity index (χ4n) is 3.79. The Morgan fingerprint density at radius 3 is 2.47 bits per heavy atom. The molecule has 9 nitrogen and oxygen atoms in total. The van der Waals surface area contributed by atoms with E-state index < -0.39 is 11.9 Å². The molecular formula is C23H25N5O4. The molecule has 0 spiro atoms. The van der Waals surface area contributed by atoms with Crippen LogP contribution in [0.5, 0.6) is 17.2 Å². The highest BCUT2D eigenvalue weighted by Crippen LogP contribution is 2.39. The number of methoxy groups -OCH3 is 2. The van der Waals surface area contributed by atoms with Crippen molar-refractivity contribution in [2.24, 2.45) is 5.73 Å². The Hall–Kier alpha value is -4.01. The molecule has 0 aliphatic carbocycles. The van der Waals surface area contributed by atoms with Crippen molar-refractivity contribution in [1.29, 1.82) is 0 Å². The van der Waals surface area contributed by atoms with E-state index in [0.717, 1.165) is 16.9 Å². The summed E-state index contributed by atoms with van der Waals surface area (Å²) in [5.74, 6) is 2.38. The lowest BCUT2D eigenvalue weighted by Gasteiger charge is -2.28. The second kappa shape index (κ2) is 8.62. The molecule has 3 N–H and O–H groups in total. The number of primary amides is 1. The number of amides is 1. The number of aromatic nitrogens is 3. The van der Waals surface area contributed by atoms with Crippen LogP contribution in [0.1, 0.15) is 25.5 Å². The lowest BCUT2D eigenvalue weighted by molar-refractivity contribution is -0.115. The Balaban J connectivity index is 1.82. The van der Waals surface area contributed by atoms with Crippen LogP contribution >= 0.6 is 0 Å². The van der Waals surface area contributed by atoms with Crippen LogP contribution in [0.15, 0.2) is 53.7 Å². The van der Waals surface area contributed by atoms with Gasteiger partial charge in [0.1, 0.15) is 11.8 Å². The van der Waals surface area contributed by atoms with Crippen LogP contribution in [0.25, 0.3) is 11.4 Å². The predicted octanol–water partition coefficient (Wildman–Crippen LogP) is 3.14. The van der Waals surface area contributed by atoms with Crippen molar-refractivity contribution in [3.8, 4) is 28.6 Å². The fourth-order valence-corrected chi connectivity index (χ4v) is 3.79. The molecule has 9 heteroatoms. The van der Waals surface area contributed by atoms with Gasteiger partial charge in [-0.15, -0.1) is 5.10 Å². The molecule has 32 heavy (non-hydrogen) atoms. The maximum absolute atomic E-state index is 12.4. The summed E-state index contributed by atoms with van der Waals surface area (Å²) in [4.78, 5) is 17.1. The number of ether oxygens (including phenoxy) is 3. The summed E-state index contributed by atoms with van der Waals surface area (Å²) in [5, 5.41) is 7.86. The molecule has 1 aliphatic heterocycles. The van der Waals surface area contributed by atoms with Gasteiger partial charge in [0.25, 0.3) is 0 Å².